The van der Waals surface area contributed by atoms with E-state index in [1.54, 1.807) is 7.11 Å². The molecule has 3 N–H and O–H groups in total. The van der Waals surface area contributed by atoms with Gasteiger partial charge >= 0.3 is 0 Å². The fraction of sp³-hybridized carbons (Fsp3) is 0.273. The Balaban J connectivity index is 2.04. The largest absolute Gasteiger partial charge is 0.497 e. The molecule has 0 aliphatic carbocycles. The third-order valence-corrected chi connectivity index (χ3v) is 3.40. The summed E-state index contributed by atoms with van der Waals surface area (Å²) >= 11 is 1.40. The molecule has 1 heterocycles. The first-order valence-corrected chi connectivity index (χ1v) is 5.79. The molecule has 0 spiro atoms. The number of thioether (sulfide) groups is 1. The summed E-state index contributed by atoms with van der Waals surface area (Å²) in [7, 11) is 1.65. The second-order valence-corrected chi connectivity index (χ2v) is 4.69. The summed E-state index contributed by atoms with van der Waals surface area (Å²) in [5.41, 5.74) is 6.91. The number of aliphatic imine (C=N–C) groups is 1. The van der Waals surface area contributed by atoms with Gasteiger partial charge in [-0.1, -0.05) is 23.9 Å². The summed E-state index contributed by atoms with van der Waals surface area (Å²) in [6.45, 7) is 0. The molecule has 0 aromatic heterocycles. The average molecular weight is 235 g/mol. The van der Waals surface area contributed by atoms with E-state index in [-0.39, 0.29) is 5.25 Å². The maximum absolute atomic E-state index is 7.41. The van der Waals surface area contributed by atoms with Gasteiger partial charge in [0.15, 0.2) is 5.17 Å². The highest BCUT2D eigenvalue weighted by Gasteiger charge is 2.23. The molecule has 1 atom stereocenters. The summed E-state index contributed by atoms with van der Waals surface area (Å²) in [4.78, 5) is 3.92. The van der Waals surface area contributed by atoms with Crippen LogP contribution in [0.2, 0.25) is 0 Å². The molecule has 1 aromatic rings. The van der Waals surface area contributed by atoms with Gasteiger partial charge < -0.3 is 10.5 Å². The maximum Gasteiger partial charge on any atom is 0.182 e. The summed E-state index contributed by atoms with van der Waals surface area (Å²) in [6, 6.07) is 7.87. The van der Waals surface area contributed by atoms with Crippen molar-refractivity contribution in [2.24, 2.45) is 10.7 Å². The Morgan fingerprint density at radius 3 is 2.62 bits per heavy atom. The van der Waals surface area contributed by atoms with E-state index in [0.717, 1.165) is 12.2 Å². The highest BCUT2D eigenvalue weighted by atomic mass is 32.2. The van der Waals surface area contributed by atoms with Crippen molar-refractivity contribution in [2.45, 2.75) is 11.7 Å². The minimum atomic E-state index is 0.0981. The summed E-state index contributed by atoms with van der Waals surface area (Å²) < 4.78 is 5.09. The average Bonchev–Trinajstić information content (AvgIpc) is 2.59. The number of methoxy groups -OCH3 is 1. The number of nitrogens with zero attached hydrogens (tertiary/aromatic N) is 1. The molecular formula is C11H13N3OS. The van der Waals surface area contributed by atoms with Gasteiger partial charge in [0.2, 0.25) is 0 Å². The number of hydrogen-bond acceptors (Lipinski definition) is 4. The Bertz CT molecular complexity index is 427. The Labute approximate surface area is 98.4 Å². The van der Waals surface area contributed by atoms with E-state index in [4.69, 9.17) is 15.9 Å². The van der Waals surface area contributed by atoms with Crippen LogP contribution in [-0.4, -0.2) is 23.4 Å². The van der Waals surface area contributed by atoms with Crippen LogP contribution in [0.5, 0.6) is 5.75 Å². The maximum atomic E-state index is 7.41. The molecule has 0 radical (unpaired) electrons. The summed E-state index contributed by atoms with van der Waals surface area (Å²) in [5.74, 6) is 1.39. The normalized spacial score (nSPS) is 19.7. The Morgan fingerprint density at radius 1 is 1.44 bits per heavy atom. The molecular weight excluding hydrogens is 222 g/mol. The van der Waals surface area contributed by atoms with E-state index in [1.807, 2.05) is 24.3 Å². The van der Waals surface area contributed by atoms with Gasteiger partial charge in [-0.05, 0) is 24.1 Å². The Hall–Kier alpha value is -1.49. The van der Waals surface area contributed by atoms with Crippen LogP contribution in [0.3, 0.4) is 0 Å². The zero-order valence-electron chi connectivity index (χ0n) is 8.93. The molecule has 0 fully saturated rings. The quantitative estimate of drug-likeness (QED) is 0.836. The predicted octanol–water partition coefficient (Wildman–Crippen LogP) is 1.65. The number of nitrogens with two attached hydrogens (primary N) is 1. The minimum Gasteiger partial charge on any atom is -0.497 e. The van der Waals surface area contributed by atoms with Gasteiger partial charge in [-0.25, -0.2) is 4.99 Å². The van der Waals surface area contributed by atoms with Crippen LogP contribution in [0.4, 0.5) is 0 Å². The standard InChI is InChI=1S/C11H13N3OS/c1-15-8-4-2-7(3-5-8)6-9-10(12)14-11(13)16-9/h2-5,9H,6H2,1H3,(H3,12,13,14)/t9-/m1/s1. The number of rotatable bonds is 3. The molecule has 0 bridgehead atoms. The van der Waals surface area contributed by atoms with Crippen molar-refractivity contribution in [1.29, 1.82) is 5.41 Å². The van der Waals surface area contributed by atoms with Crippen LogP contribution < -0.4 is 10.5 Å². The van der Waals surface area contributed by atoms with Crippen molar-refractivity contribution in [3.63, 3.8) is 0 Å². The number of ether oxygens (including phenoxy) is 1. The molecule has 0 amide bonds. The van der Waals surface area contributed by atoms with Crippen molar-refractivity contribution in [2.75, 3.05) is 7.11 Å². The lowest BCUT2D eigenvalue weighted by Gasteiger charge is -2.08. The predicted molar refractivity (Wildman–Crippen MR) is 67.4 cm³/mol. The first kappa shape index (κ1) is 11.0. The molecule has 1 aliphatic rings. The molecule has 0 saturated carbocycles. The second kappa shape index (κ2) is 4.57. The van der Waals surface area contributed by atoms with Gasteiger partial charge in [0.05, 0.1) is 12.4 Å². The first-order chi connectivity index (χ1) is 7.69. The monoisotopic (exact) mass is 235 g/mol. The highest BCUT2D eigenvalue weighted by Crippen LogP contribution is 2.24. The van der Waals surface area contributed by atoms with E-state index in [9.17, 15) is 0 Å². The minimum absolute atomic E-state index is 0.0981. The van der Waals surface area contributed by atoms with E-state index in [1.165, 1.54) is 17.3 Å². The van der Waals surface area contributed by atoms with E-state index >= 15 is 0 Å². The van der Waals surface area contributed by atoms with Gasteiger partial charge in [-0.15, -0.1) is 0 Å². The smallest absolute Gasteiger partial charge is 0.182 e. The van der Waals surface area contributed by atoms with Gasteiger partial charge in [-0.3, -0.25) is 5.41 Å². The second-order valence-electron chi connectivity index (χ2n) is 3.50. The topological polar surface area (TPSA) is 71.5 Å². The third-order valence-electron chi connectivity index (χ3n) is 2.39. The zero-order chi connectivity index (χ0) is 11.5. The van der Waals surface area contributed by atoms with Crippen LogP contribution in [-0.2, 0) is 6.42 Å². The van der Waals surface area contributed by atoms with Gasteiger partial charge in [0.1, 0.15) is 11.6 Å². The molecule has 1 aliphatic heterocycles. The molecule has 4 nitrogen and oxygen atoms in total. The summed E-state index contributed by atoms with van der Waals surface area (Å²) in [5, 5.41) is 7.81. The van der Waals surface area contributed by atoms with Gasteiger partial charge in [-0.2, -0.15) is 0 Å². The van der Waals surface area contributed by atoms with Gasteiger partial charge in [0.25, 0.3) is 0 Å². The van der Waals surface area contributed by atoms with Crippen LogP contribution in [0.25, 0.3) is 0 Å². The first-order valence-electron chi connectivity index (χ1n) is 4.91. The SMILES string of the molecule is COc1ccc(C[C@H]2SC(=N)N=C2N)cc1. The number of hydrogen-bond donors (Lipinski definition) is 2. The van der Waals surface area contributed by atoms with Crippen LogP contribution in [0.1, 0.15) is 5.56 Å². The Morgan fingerprint density at radius 2 is 2.12 bits per heavy atom. The number of nitrogens with one attached hydrogen (secondary N) is 1. The molecule has 1 aromatic carbocycles. The van der Waals surface area contributed by atoms with E-state index in [2.05, 4.69) is 4.99 Å². The highest BCUT2D eigenvalue weighted by molar-refractivity contribution is 8.15. The fourth-order valence-electron chi connectivity index (χ4n) is 1.53. The summed E-state index contributed by atoms with van der Waals surface area (Å²) in [6.07, 6.45) is 0.798. The zero-order valence-corrected chi connectivity index (χ0v) is 9.75. The molecule has 0 saturated heterocycles. The van der Waals surface area contributed by atoms with Crippen molar-refractivity contribution >= 4 is 22.8 Å². The lowest BCUT2D eigenvalue weighted by molar-refractivity contribution is 0.414. The molecule has 5 heteroatoms. The van der Waals surface area contributed by atoms with Crippen molar-refractivity contribution in [3.05, 3.63) is 29.8 Å². The van der Waals surface area contributed by atoms with Gasteiger partial charge in [0, 0.05) is 0 Å². The fourth-order valence-corrected chi connectivity index (χ4v) is 2.41. The van der Waals surface area contributed by atoms with E-state index in [0.29, 0.717) is 11.0 Å². The molecule has 0 unspecified atom stereocenters. The number of benzene rings is 1. The molecule has 84 valence electrons. The lowest BCUT2D eigenvalue weighted by atomic mass is 10.1. The number of amidine groups is 2. The third kappa shape index (κ3) is 2.36. The van der Waals surface area contributed by atoms with Crippen molar-refractivity contribution in [3.8, 4) is 5.75 Å². The van der Waals surface area contributed by atoms with Crippen LogP contribution in [0, 0.1) is 5.41 Å². The van der Waals surface area contributed by atoms with Crippen molar-refractivity contribution in [1.82, 2.24) is 0 Å². The van der Waals surface area contributed by atoms with Crippen LogP contribution in [0.15, 0.2) is 29.3 Å². The lowest BCUT2D eigenvalue weighted by Crippen LogP contribution is -2.24. The van der Waals surface area contributed by atoms with Crippen LogP contribution >= 0.6 is 11.8 Å². The van der Waals surface area contributed by atoms with Crippen molar-refractivity contribution < 1.29 is 4.74 Å². The molecule has 2 rings (SSSR count). The van der Waals surface area contributed by atoms with E-state index < -0.39 is 0 Å². The molecule has 16 heavy (non-hydrogen) atoms. The Kier molecular flexibility index (Phi) is 3.14.